The number of anilines is 1. The number of halogens is 1. The van der Waals surface area contributed by atoms with Gasteiger partial charge >= 0.3 is 0 Å². The Balaban J connectivity index is 1.68. The number of hydrogen-bond donors (Lipinski definition) is 1. The maximum absolute atomic E-state index is 12.7. The van der Waals surface area contributed by atoms with Gasteiger partial charge in [0.1, 0.15) is 5.75 Å². The van der Waals surface area contributed by atoms with E-state index in [-0.39, 0.29) is 5.91 Å². The van der Waals surface area contributed by atoms with Gasteiger partial charge in [0, 0.05) is 5.02 Å². The topological polar surface area (TPSA) is 51.2 Å². The molecule has 1 N–H and O–H groups in total. The van der Waals surface area contributed by atoms with Crippen LogP contribution in [0.3, 0.4) is 0 Å². The first-order chi connectivity index (χ1) is 12.7. The van der Waals surface area contributed by atoms with Gasteiger partial charge < -0.3 is 4.74 Å². The van der Waals surface area contributed by atoms with Crippen LogP contribution in [0.5, 0.6) is 5.75 Å². The molecule has 0 radical (unpaired) electrons. The van der Waals surface area contributed by atoms with E-state index in [2.05, 4.69) is 17.2 Å². The number of amides is 1. The zero-order valence-corrected chi connectivity index (χ0v) is 16.2. The van der Waals surface area contributed by atoms with Gasteiger partial charge in [-0.1, -0.05) is 61.3 Å². The number of carbonyl (C=O) groups excluding carboxylic acids is 1. The van der Waals surface area contributed by atoms with Crippen molar-refractivity contribution in [3.63, 3.8) is 0 Å². The maximum Gasteiger partial charge on any atom is 0.261 e. The molecule has 0 spiro atoms. The summed E-state index contributed by atoms with van der Waals surface area (Å²) in [5, 5.41) is 4.06. The maximum atomic E-state index is 12.7. The lowest BCUT2D eigenvalue weighted by atomic mass is 10.2. The van der Waals surface area contributed by atoms with Crippen molar-refractivity contribution in [3.05, 3.63) is 53.1 Å². The van der Waals surface area contributed by atoms with Gasteiger partial charge in [-0.15, -0.1) is 0 Å². The molecular weight excluding hydrogens is 368 g/mol. The van der Waals surface area contributed by atoms with E-state index in [1.54, 1.807) is 12.1 Å². The van der Waals surface area contributed by atoms with Gasteiger partial charge in [0.05, 0.1) is 22.4 Å². The van der Waals surface area contributed by atoms with Crippen molar-refractivity contribution in [2.45, 2.75) is 32.6 Å². The van der Waals surface area contributed by atoms with Crippen LogP contribution in [0, 0.1) is 0 Å². The number of fused-ring (bicyclic) bond motifs is 1. The van der Waals surface area contributed by atoms with Gasteiger partial charge in [-0.25, -0.2) is 4.98 Å². The molecule has 0 unspecified atom stereocenters. The third-order valence-electron chi connectivity index (χ3n) is 3.96. The summed E-state index contributed by atoms with van der Waals surface area (Å²) in [6, 6.07) is 12.8. The predicted octanol–water partition coefficient (Wildman–Crippen LogP) is 6.16. The fraction of sp³-hybridized carbons (Fsp3) is 0.300. The Morgan fingerprint density at radius 1 is 1.19 bits per heavy atom. The third-order valence-corrected chi connectivity index (χ3v) is 5.13. The average Bonchev–Trinajstić information content (AvgIpc) is 3.03. The fourth-order valence-corrected chi connectivity index (χ4v) is 3.74. The molecule has 0 fully saturated rings. The van der Waals surface area contributed by atoms with E-state index in [9.17, 15) is 4.79 Å². The number of para-hydroxylation sites is 1. The zero-order valence-electron chi connectivity index (χ0n) is 14.6. The minimum absolute atomic E-state index is 0.223. The first-order valence-corrected chi connectivity index (χ1v) is 9.96. The van der Waals surface area contributed by atoms with Crippen LogP contribution in [0.25, 0.3) is 10.2 Å². The minimum Gasteiger partial charge on any atom is -0.493 e. The van der Waals surface area contributed by atoms with Crippen LogP contribution in [-0.4, -0.2) is 17.5 Å². The summed E-state index contributed by atoms with van der Waals surface area (Å²) in [7, 11) is 0. The lowest BCUT2D eigenvalue weighted by Gasteiger charge is -2.10. The lowest BCUT2D eigenvalue weighted by Crippen LogP contribution is -2.13. The number of nitrogens with zero attached hydrogens (tertiary/aromatic N) is 1. The van der Waals surface area contributed by atoms with Crippen molar-refractivity contribution < 1.29 is 9.53 Å². The predicted molar refractivity (Wildman–Crippen MR) is 109 cm³/mol. The Morgan fingerprint density at radius 2 is 2.04 bits per heavy atom. The van der Waals surface area contributed by atoms with Gasteiger partial charge in [-0.05, 0) is 36.8 Å². The smallest absolute Gasteiger partial charge is 0.261 e. The fourth-order valence-electron chi connectivity index (χ4n) is 2.61. The average molecular weight is 389 g/mol. The molecular formula is C20H21ClN2O2S. The number of thiazole rings is 1. The summed E-state index contributed by atoms with van der Waals surface area (Å²) in [4.78, 5) is 17.1. The van der Waals surface area contributed by atoms with E-state index in [1.165, 1.54) is 24.2 Å². The summed E-state index contributed by atoms with van der Waals surface area (Å²) in [5.41, 5.74) is 1.33. The molecule has 0 saturated carbocycles. The molecule has 0 aliphatic rings. The van der Waals surface area contributed by atoms with Gasteiger partial charge in [-0.2, -0.15) is 0 Å². The number of aromatic nitrogens is 1. The van der Waals surface area contributed by atoms with E-state index >= 15 is 0 Å². The van der Waals surface area contributed by atoms with Crippen molar-refractivity contribution in [2.75, 3.05) is 11.9 Å². The second-order valence-electron chi connectivity index (χ2n) is 5.99. The third kappa shape index (κ3) is 4.74. The number of unbranched alkanes of at least 4 members (excludes halogenated alkanes) is 3. The van der Waals surface area contributed by atoms with Crippen LogP contribution in [0.4, 0.5) is 5.13 Å². The molecule has 0 aliphatic heterocycles. The first kappa shape index (κ1) is 18.7. The molecule has 0 atom stereocenters. The number of rotatable bonds is 8. The van der Waals surface area contributed by atoms with Crippen molar-refractivity contribution >= 4 is 44.2 Å². The number of hydrogen-bond acceptors (Lipinski definition) is 4. The summed E-state index contributed by atoms with van der Waals surface area (Å²) >= 11 is 7.40. The van der Waals surface area contributed by atoms with E-state index in [4.69, 9.17) is 16.3 Å². The summed E-state index contributed by atoms with van der Waals surface area (Å²) in [6.07, 6.45) is 4.51. The highest BCUT2D eigenvalue weighted by atomic mass is 35.5. The molecule has 2 aromatic carbocycles. The molecule has 6 heteroatoms. The molecule has 0 aliphatic carbocycles. The molecule has 3 rings (SSSR count). The Morgan fingerprint density at radius 3 is 2.88 bits per heavy atom. The molecule has 136 valence electrons. The molecule has 1 aromatic heterocycles. The van der Waals surface area contributed by atoms with E-state index in [0.717, 1.165) is 23.1 Å². The second-order valence-corrected chi connectivity index (χ2v) is 7.46. The minimum atomic E-state index is -0.223. The van der Waals surface area contributed by atoms with Crippen LogP contribution < -0.4 is 10.1 Å². The van der Waals surface area contributed by atoms with Gasteiger partial charge in [0.15, 0.2) is 5.13 Å². The molecule has 4 nitrogen and oxygen atoms in total. The van der Waals surface area contributed by atoms with Gasteiger partial charge in [0.2, 0.25) is 0 Å². The highest BCUT2D eigenvalue weighted by Crippen LogP contribution is 2.29. The Hall–Kier alpha value is -2.11. The largest absolute Gasteiger partial charge is 0.493 e. The molecule has 1 heterocycles. The molecule has 1 amide bonds. The summed E-state index contributed by atoms with van der Waals surface area (Å²) in [5.74, 6) is 0.380. The number of carbonyl (C=O) groups is 1. The summed E-state index contributed by atoms with van der Waals surface area (Å²) in [6.45, 7) is 2.79. The zero-order chi connectivity index (χ0) is 18.4. The second kappa shape index (κ2) is 9.01. The molecule has 0 saturated heterocycles. The quantitative estimate of drug-likeness (QED) is 0.470. The summed E-state index contributed by atoms with van der Waals surface area (Å²) < 4.78 is 6.76. The Labute approximate surface area is 162 Å². The molecule has 26 heavy (non-hydrogen) atoms. The van der Waals surface area contributed by atoms with Crippen molar-refractivity contribution in [3.8, 4) is 5.75 Å². The Kier molecular flexibility index (Phi) is 6.47. The van der Waals surface area contributed by atoms with Crippen molar-refractivity contribution in [1.82, 2.24) is 4.98 Å². The van der Waals surface area contributed by atoms with E-state index < -0.39 is 0 Å². The van der Waals surface area contributed by atoms with Crippen LogP contribution in [-0.2, 0) is 0 Å². The number of nitrogens with one attached hydrogen (secondary N) is 1. The van der Waals surface area contributed by atoms with Crippen molar-refractivity contribution in [2.24, 2.45) is 0 Å². The van der Waals surface area contributed by atoms with Gasteiger partial charge in [-0.3, -0.25) is 10.1 Å². The Bertz CT molecular complexity index is 894. The molecule has 0 bridgehead atoms. The number of ether oxygens (including phenoxy) is 1. The first-order valence-electron chi connectivity index (χ1n) is 8.76. The molecule has 3 aromatic rings. The van der Waals surface area contributed by atoms with E-state index in [1.807, 2.05) is 30.3 Å². The van der Waals surface area contributed by atoms with Gasteiger partial charge in [0.25, 0.3) is 5.91 Å². The van der Waals surface area contributed by atoms with Crippen LogP contribution in [0.2, 0.25) is 5.02 Å². The normalized spacial score (nSPS) is 10.8. The van der Waals surface area contributed by atoms with E-state index in [0.29, 0.717) is 28.1 Å². The van der Waals surface area contributed by atoms with Crippen LogP contribution in [0.1, 0.15) is 43.0 Å². The van der Waals surface area contributed by atoms with Crippen molar-refractivity contribution in [1.29, 1.82) is 0 Å². The standard InChI is InChI=1S/C20H21ClN2O2S/c1-2-3-4-7-12-25-17-9-6-5-8-15(17)19(24)23-20-22-16-11-10-14(21)13-18(16)26-20/h5-6,8-11,13H,2-4,7,12H2,1H3,(H,22,23,24). The van der Waals surface area contributed by atoms with Crippen LogP contribution >= 0.6 is 22.9 Å². The highest BCUT2D eigenvalue weighted by molar-refractivity contribution is 7.22. The lowest BCUT2D eigenvalue weighted by molar-refractivity contribution is 0.102. The monoisotopic (exact) mass is 388 g/mol. The SMILES string of the molecule is CCCCCCOc1ccccc1C(=O)Nc1nc2ccc(Cl)cc2s1. The van der Waals surface area contributed by atoms with Crippen LogP contribution in [0.15, 0.2) is 42.5 Å². The number of benzene rings is 2. The highest BCUT2D eigenvalue weighted by Gasteiger charge is 2.14.